The van der Waals surface area contributed by atoms with Crippen molar-refractivity contribution in [3.63, 3.8) is 0 Å². The van der Waals surface area contributed by atoms with Crippen LogP contribution < -0.4 is 5.73 Å². The monoisotopic (exact) mass is 214 g/mol. The fourth-order valence-corrected chi connectivity index (χ4v) is 1.77. The van der Waals surface area contributed by atoms with Crippen molar-refractivity contribution < 1.29 is 4.79 Å². The van der Waals surface area contributed by atoms with Crippen molar-refractivity contribution in [1.29, 1.82) is 0 Å². The highest BCUT2D eigenvalue weighted by Gasteiger charge is 2.19. The van der Waals surface area contributed by atoms with Gasteiger partial charge in [-0.2, -0.15) is 0 Å². The molecule has 0 spiro atoms. The lowest BCUT2D eigenvalue weighted by atomic mass is 10.4. The molecule has 0 aromatic carbocycles. The number of nitrogens with zero attached hydrogens (tertiary/aromatic N) is 3. The molecule has 5 heteroatoms. The molecular formula is C10H22N4O. The van der Waals surface area contributed by atoms with Gasteiger partial charge < -0.3 is 20.4 Å². The normalized spacial score (nSPS) is 18.7. The number of amides is 2. The maximum Gasteiger partial charge on any atom is 0.319 e. The van der Waals surface area contributed by atoms with Crippen LogP contribution in [0, 0.1) is 0 Å². The van der Waals surface area contributed by atoms with Crippen LogP contribution in [-0.4, -0.2) is 74.1 Å². The number of carbonyl (C=O) groups excluding carboxylic acids is 1. The van der Waals surface area contributed by atoms with Crippen LogP contribution in [-0.2, 0) is 0 Å². The van der Waals surface area contributed by atoms with Crippen molar-refractivity contribution in [2.24, 2.45) is 5.73 Å². The van der Waals surface area contributed by atoms with Crippen LogP contribution in [0.3, 0.4) is 0 Å². The second kappa shape index (κ2) is 5.92. The molecule has 1 saturated heterocycles. The van der Waals surface area contributed by atoms with Gasteiger partial charge in [-0.25, -0.2) is 4.79 Å². The third kappa shape index (κ3) is 3.68. The number of hydrogen-bond acceptors (Lipinski definition) is 3. The van der Waals surface area contributed by atoms with Crippen molar-refractivity contribution in [3.05, 3.63) is 0 Å². The first-order valence-electron chi connectivity index (χ1n) is 5.54. The number of hydrogen-bond donors (Lipinski definition) is 1. The van der Waals surface area contributed by atoms with Crippen molar-refractivity contribution in [3.8, 4) is 0 Å². The molecule has 2 amide bonds. The van der Waals surface area contributed by atoms with Crippen molar-refractivity contribution in [2.75, 3.05) is 53.4 Å². The average molecular weight is 214 g/mol. The Bertz CT molecular complexity index is 210. The zero-order valence-electron chi connectivity index (χ0n) is 9.78. The predicted octanol–water partition coefficient (Wildman–Crippen LogP) is -0.366. The van der Waals surface area contributed by atoms with Gasteiger partial charge in [0.05, 0.1) is 0 Å². The highest BCUT2D eigenvalue weighted by atomic mass is 16.2. The van der Waals surface area contributed by atoms with E-state index in [-0.39, 0.29) is 6.03 Å². The SMILES string of the molecule is CN1CCCN(C(=O)N(C)CCN)CC1. The molecule has 0 aromatic rings. The Morgan fingerprint density at radius 3 is 2.73 bits per heavy atom. The number of urea groups is 1. The molecule has 0 atom stereocenters. The van der Waals surface area contributed by atoms with Crippen LogP contribution in [0.2, 0.25) is 0 Å². The van der Waals surface area contributed by atoms with Gasteiger partial charge in [0.15, 0.2) is 0 Å². The summed E-state index contributed by atoms with van der Waals surface area (Å²) in [7, 11) is 3.90. The zero-order chi connectivity index (χ0) is 11.3. The van der Waals surface area contributed by atoms with Gasteiger partial charge in [-0.15, -0.1) is 0 Å². The first-order chi connectivity index (χ1) is 7.15. The highest BCUT2D eigenvalue weighted by Crippen LogP contribution is 2.03. The molecule has 1 heterocycles. The van der Waals surface area contributed by atoms with Crippen LogP contribution in [0.15, 0.2) is 0 Å². The van der Waals surface area contributed by atoms with Gasteiger partial charge in [0.25, 0.3) is 0 Å². The lowest BCUT2D eigenvalue weighted by molar-refractivity contribution is 0.165. The predicted molar refractivity (Wildman–Crippen MR) is 60.8 cm³/mol. The molecule has 1 fully saturated rings. The molecule has 0 aromatic heterocycles. The van der Waals surface area contributed by atoms with Gasteiger partial charge in [-0.3, -0.25) is 0 Å². The fraction of sp³-hybridized carbons (Fsp3) is 0.900. The minimum absolute atomic E-state index is 0.107. The summed E-state index contributed by atoms with van der Waals surface area (Å²) in [6, 6.07) is 0.107. The molecule has 5 nitrogen and oxygen atoms in total. The van der Waals surface area contributed by atoms with Crippen LogP contribution in [0.4, 0.5) is 4.79 Å². The first-order valence-corrected chi connectivity index (χ1v) is 5.54. The van der Waals surface area contributed by atoms with Crippen LogP contribution >= 0.6 is 0 Å². The van der Waals surface area contributed by atoms with E-state index < -0.39 is 0 Å². The number of rotatable bonds is 2. The van der Waals surface area contributed by atoms with Crippen molar-refractivity contribution in [1.82, 2.24) is 14.7 Å². The summed E-state index contributed by atoms with van der Waals surface area (Å²) >= 11 is 0. The second-order valence-corrected chi connectivity index (χ2v) is 4.14. The summed E-state index contributed by atoms with van der Waals surface area (Å²) in [6.45, 7) is 4.87. The quantitative estimate of drug-likeness (QED) is 0.682. The minimum atomic E-state index is 0.107. The van der Waals surface area contributed by atoms with Gasteiger partial charge in [0.1, 0.15) is 0 Å². The number of likely N-dealkylation sites (N-methyl/N-ethyl adjacent to an activating group) is 2. The van der Waals surface area contributed by atoms with Gasteiger partial charge in [-0.05, 0) is 20.0 Å². The molecule has 0 bridgehead atoms. The standard InChI is InChI=1S/C10H22N4O/c1-12-5-3-6-14(9-8-12)10(15)13(2)7-4-11/h3-9,11H2,1-2H3. The molecule has 0 saturated carbocycles. The van der Waals surface area contributed by atoms with E-state index in [0.717, 1.165) is 32.6 Å². The van der Waals surface area contributed by atoms with E-state index in [1.807, 2.05) is 11.9 Å². The zero-order valence-corrected chi connectivity index (χ0v) is 9.78. The van der Waals surface area contributed by atoms with Crippen molar-refractivity contribution in [2.45, 2.75) is 6.42 Å². The Balaban J connectivity index is 2.44. The minimum Gasteiger partial charge on any atom is -0.329 e. The summed E-state index contributed by atoms with van der Waals surface area (Å²) in [5, 5.41) is 0. The third-order valence-electron chi connectivity index (χ3n) is 2.78. The summed E-state index contributed by atoms with van der Waals surface area (Å²) < 4.78 is 0. The van der Waals surface area contributed by atoms with Crippen LogP contribution in [0.5, 0.6) is 0 Å². The van der Waals surface area contributed by atoms with E-state index in [2.05, 4.69) is 11.9 Å². The van der Waals surface area contributed by atoms with E-state index in [4.69, 9.17) is 5.73 Å². The smallest absolute Gasteiger partial charge is 0.319 e. The van der Waals surface area contributed by atoms with Crippen LogP contribution in [0.1, 0.15) is 6.42 Å². The molecule has 0 aliphatic carbocycles. The fourth-order valence-electron chi connectivity index (χ4n) is 1.77. The Labute approximate surface area is 91.8 Å². The summed E-state index contributed by atoms with van der Waals surface area (Å²) in [5.41, 5.74) is 5.43. The molecule has 1 aliphatic heterocycles. The molecule has 2 N–H and O–H groups in total. The molecule has 88 valence electrons. The lowest BCUT2D eigenvalue weighted by Crippen LogP contribution is -2.44. The van der Waals surface area contributed by atoms with Crippen molar-refractivity contribution >= 4 is 6.03 Å². The highest BCUT2D eigenvalue weighted by molar-refractivity contribution is 5.74. The average Bonchev–Trinajstić information content (AvgIpc) is 2.42. The van der Waals surface area contributed by atoms with E-state index in [0.29, 0.717) is 13.1 Å². The Hall–Kier alpha value is -0.810. The Morgan fingerprint density at radius 2 is 2.07 bits per heavy atom. The molecule has 1 rings (SSSR count). The van der Waals surface area contributed by atoms with Crippen LogP contribution in [0.25, 0.3) is 0 Å². The van der Waals surface area contributed by atoms with E-state index in [1.165, 1.54) is 0 Å². The summed E-state index contributed by atoms with van der Waals surface area (Å²) in [6.07, 6.45) is 1.05. The largest absolute Gasteiger partial charge is 0.329 e. The van der Waals surface area contributed by atoms with E-state index in [9.17, 15) is 4.79 Å². The molecule has 0 radical (unpaired) electrons. The Morgan fingerprint density at radius 1 is 1.33 bits per heavy atom. The second-order valence-electron chi connectivity index (χ2n) is 4.14. The summed E-state index contributed by atoms with van der Waals surface area (Å²) in [5.74, 6) is 0. The topological polar surface area (TPSA) is 52.8 Å². The molecular weight excluding hydrogens is 192 g/mol. The maximum absolute atomic E-state index is 11.9. The number of nitrogens with two attached hydrogens (primary N) is 1. The third-order valence-corrected chi connectivity index (χ3v) is 2.78. The Kier molecular flexibility index (Phi) is 4.84. The molecule has 1 aliphatic rings. The molecule has 0 unspecified atom stereocenters. The van der Waals surface area contributed by atoms with Gasteiger partial charge >= 0.3 is 6.03 Å². The van der Waals surface area contributed by atoms with E-state index in [1.54, 1.807) is 4.90 Å². The molecule has 15 heavy (non-hydrogen) atoms. The number of carbonyl (C=O) groups is 1. The van der Waals surface area contributed by atoms with Gasteiger partial charge in [0.2, 0.25) is 0 Å². The van der Waals surface area contributed by atoms with Gasteiger partial charge in [0, 0.05) is 39.8 Å². The first kappa shape index (κ1) is 12.3. The van der Waals surface area contributed by atoms with Gasteiger partial charge in [-0.1, -0.05) is 0 Å². The van der Waals surface area contributed by atoms with E-state index >= 15 is 0 Å². The summed E-state index contributed by atoms with van der Waals surface area (Å²) in [4.78, 5) is 17.8. The maximum atomic E-state index is 11.9. The lowest BCUT2D eigenvalue weighted by Gasteiger charge is -2.26.